The van der Waals surface area contributed by atoms with Gasteiger partial charge >= 0.3 is 5.69 Å². The maximum absolute atomic E-state index is 14.4. The lowest BCUT2D eigenvalue weighted by atomic mass is 10.2. The molecule has 0 aliphatic heterocycles. The van der Waals surface area contributed by atoms with Gasteiger partial charge in [-0.05, 0) is 25.5 Å². The van der Waals surface area contributed by atoms with Gasteiger partial charge in [0.2, 0.25) is 5.78 Å². The van der Waals surface area contributed by atoms with Gasteiger partial charge in [-0.25, -0.2) is 9.18 Å². The largest absolute Gasteiger partial charge is 0.332 e. The van der Waals surface area contributed by atoms with Gasteiger partial charge in [0.15, 0.2) is 11.2 Å². The highest BCUT2D eigenvalue weighted by molar-refractivity contribution is 5.76. The quantitative estimate of drug-likeness (QED) is 0.498. The van der Waals surface area contributed by atoms with Crippen molar-refractivity contribution in [3.63, 3.8) is 0 Å². The van der Waals surface area contributed by atoms with E-state index in [1.807, 2.05) is 6.92 Å². The summed E-state index contributed by atoms with van der Waals surface area (Å²) in [6.07, 6.45) is 4.45. The average molecular weight is 383 g/mol. The smallest absolute Gasteiger partial charge is 0.280 e. The first-order chi connectivity index (χ1) is 13.5. The normalized spacial score (nSPS) is 11.7. The van der Waals surface area contributed by atoms with Gasteiger partial charge in [-0.15, -0.1) is 0 Å². The fourth-order valence-corrected chi connectivity index (χ4v) is 3.66. The number of para-hydroxylation sites is 1. The molecule has 0 N–H and O–H groups in total. The number of fused-ring (bicyclic) bond motifs is 3. The third kappa shape index (κ3) is 2.59. The van der Waals surface area contributed by atoms with E-state index in [9.17, 15) is 14.0 Å². The highest BCUT2D eigenvalue weighted by Gasteiger charge is 2.21. The summed E-state index contributed by atoms with van der Waals surface area (Å²) in [6, 6.07) is 6.40. The minimum Gasteiger partial charge on any atom is -0.280 e. The molecule has 0 saturated heterocycles. The van der Waals surface area contributed by atoms with Gasteiger partial charge in [0.1, 0.15) is 5.82 Å². The Labute approximate surface area is 160 Å². The SMILES string of the molecule is CCCCCn1c(=O)c2c(nc3n(-c4ccccc4F)c(C)cn23)n(C)c1=O. The maximum Gasteiger partial charge on any atom is 0.332 e. The predicted octanol–water partition coefficient (Wildman–Crippen LogP) is 2.78. The van der Waals surface area contributed by atoms with E-state index in [4.69, 9.17) is 0 Å². The van der Waals surface area contributed by atoms with Crippen LogP contribution in [-0.2, 0) is 13.6 Å². The lowest BCUT2D eigenvalue weighted by molar-refractivity contribution is 0.550. The summed E-state index contributed by atoms with van der Waals surface area (Å²) in [5.74, 6) is 0.0117. The number of rotatable bonds is 5. The number of imidazole rings is 2. The molecule has 0 aliphatic carbocycles. The molecule has 3 heterocycles. The molecular weight excluding hydrogens is 361 g/mol. The minimum atomic E-state index is -0.387. The minimum absolute atomic E-state index is 0.293. The summed E-state index contributed by atoms with van der Waals surface area (Å²) in [6.45, 7) is 4.27. The molecule has 0 amide bonds. The van der Waals surface area contributed by atoms with Gasteiger partial charge < -0.3 is 0 Å². The standard InChI is InChI=1S/C20H22FN5O2/c1-4-5-8-11-24-18(27)16-17(23(3)20(24)28)22-19-25(16)12-13(2)26(19)15-10-7-6-9-14(15)21/h6-7,9-10,12H,4-5,8,11H2,1-3H3. The first kappa shape index (κ1) is 18.2. The topological polar surface area (TPSA) is 66.2 Å². The van der Waals surface area contributed by atoms with E-state index in [0.717, 1.165) is 25.0 Å². The molecule has 0 bridgehead atoms. The Morgan fingerprint density at radius 2 is 1.89 bits per heavy atom. The Kier molecular flexibility index (Phi) is 4.41. The molecule has 4 aromatic rings. The van der Waals surface area contributed by atoms with Gasteiger partial charge in [-0.2, -0.15) is 4.98 Å². The van der Waals surface area contributed by atoms with Crippen molar-refractivity contribution in [2.45, 2.75) is 39.7 Å². The Balaban J connectivity index is 2.04. The Morgan fingerprint density at radius 1 is 1.14 bits per heavy atom. The van der Waals surface area contributed by atoms with E-state index in [1.165, 1.54) is 15.2 Å². The molecule has 1 aromatic carbocycles. The van der Waals surface area contributed by atoms with Gasteiger partial charge in [0, 0.05) is 25.5 Å². The van der Waals surface area contributed by atoms with Crippen LogP contribution in [0.25, 0.3) is 22.6 Å². The van der Waals surface area contributed by atoms with Gasteiger partial charge in [0.05, 0.1) is 5.69 Å². The first-order valence-corrected chi connectivity index (χ1v) is 9.40. The van der Waals surface area contributed by atoms with E-state index in [0.29, 0.717) is 29.2 Å². The van der Waals surface area contributed by atoms with Crippen LogP contribution in [0.5, 0.6) is 0 Å². The van der Waals surface area contributed by atoms with Crippen molar-refractivity contribution in [3.05, 3.63) is 62.8 Å². The van der Waals surface area contributed by atoms with E-state index in [1.54, 1.807) is 40.4 Å². The number of aryl methyl sites for hydroxylation is 2. The van der Waals surface area contributed by atoms with Crippen molar-refractivity contribution in [1.82, 2.24) is 23.1 Å². The molecule has 0 fully saturated rings. The number of aromatic nitrogens is 5. The molecule has 28 heavy (non-hydrogen) atoms. The van der Waals surface area contributed by atoms with Crippen LogP contribution >= 0.6 is 0 Å². The van der Waals surface area contributed by atoms with Crippen LogP contribution < -0.4 is 11.2 Å². The maximum atomic E-state index is 14.4. The highest BCUT2D eigenvalue weighted by atomic mass is 19.1. The van der Waals surface area contributed by atoms with E-state index in [-0.39, 0.29) is 17.1 Å². The van der Waals surface area contributed by atoms with Crippen molar-refractivity contribution in [3.8, 4) is 5.69 Å². The zero-order valence-corrected chi connectivity index (χ0v) is 16.1. The predicted molar refractivity (Wildman–Crippen MR) is 106 cm³/mol. The van der Waals surface area contributed by atoms with Crippen molar-refractivity contribution in [2.24, 2.45) is 7.05 Å². The summed E-state index contributed by atoms with van der Waals surface area (Å²) in [4.78, 5) is 30.3. The number of halogens is 1. The molecule has 0 radical (unpaired) electrons. The van der Waals surface area contributed by atoms with Crippen LogP contribution in [0.15, 0.2) is 40.1 Å². The summed E-state index contributed by atoms with van der Waals surface area (Å²) < 4.78 is 20.3. The second-order valence-corrected chi connectivity index (χ2v) is 7.02. The molecule has 0 aliphatic rings. The fourth-order valence-electron chi connectivity index (χ4n) is 3.66. The molecular formula is C20H22FN5O2. The highest BCUT2D eigenvalue weighted by Crippen LogP contribution is 2.22. The third-order valence-electron chi connectivity index (χ3n) is 5.10. The monoisotopic (exact) mass is 383 g/mol. The van der Waals surface area contributed by atoms with Gasteiger partial charge in [-0.3, -0.25) is 22.9 Å². The Hall–Kier alpha value is -3.16. The molecule has 7 nitrogen and oxygen atoms in total. The molecule has 0 saturated carbocycles. The van der Waals surface area contributed by atoms with Crippen LogP contribution in [0.3, 0.4) is 0 Å². The zero-order valence-electron chi connectivity index (χ0n) is 16.1. The number of hydrogen-bond acceptors (Lipinski definition) is 3. The van der Waals surface area contributed by atoms with Crippen LogP contribution in [-0.4, -0.2) is 23.1 Å². The van der Waals surface area contributed by atoms with Crippen LogP contribution in [0.4, 0.5) is 4.39 Å². The molecule has 146 valence electrons. The van der Waals surface area contributed by atoms with Crippen molar-refractivity contribution < 1.29 is 4.39 Å². The van der Waals surface area contributed by atoms with Gasteiger partial charge in [0.25, 0.3) is 5.56 Å². The number of benzene rings is 1. The summed E-state index contributed by atoms with van der Waals surface area (Å²) in [5, 5.41) is 0. The van der Waals surface area contributed by atoms with Crippen LogP contribution in [0.1, 0.15) is 31.9 Å². The molecule has 8 heteroatoms. The Morgan fingerprint density at radius 3 is 2.61 bits per heavy atom. The van der Waals surface area contributed by atoms with Crippen LogP contribution in [0.2, 0.25) is 0 Å². The second-order valence-electron chi connectivity index (χ2n) is 7.02. The number of unbranched alkanes of at least 4 members (excludes halogenated alkanes) is 2. The van der Waals surface area contributed by atoms with Crippen molar-refractivity contribution >= 4 is 16.9 Å². The van der Waals surface area contributed by atoms with Gasteiger partial charge in [-0.1, -0.05) is 31.9 Å². The van der Waals surface area contributed by atoms with Crippen LogP contribution in [0, 0.1) is 12.7 Å². The molecule has 0 spiro atoms. The summed E-state index contributed by atoms with van der Waals surface area (Å²) in [7, 11) is 1.60. The van der Waals surface area contributed by atoms with Crippen molar-refractivity contribution in [1.29, 1.82) is 0 Å². The molecule has 4 rings (SSSR count). The molecule has 0 atom stereocenters. The number of nitrogens with zero attached hydrogens (tertiary/aromatic N) is 5. The lowest BCUT2D eigenvalue weighted by Crippen LogP contribution is -2.39. The van der Waals surface area contributed by atoms with Crippen molar-refractivity contribution in [2.75, 3.05) is 0 Å². The average Bonchev–Trinajstić information content (AvgIpc) is 3.18. The molecule has 3 aromatic heterocycles. The molecule has 0 unspecified atom stereocenters. The zero-order chi connectivity index (χ0) is 20.0. The lowest BCUT2D eigenvalue weighted by Gasteiger charge is -2.07. The number of hydrogen-bond donors (Lipinski definition) is 0. The second kappa shape index (κ2) is 6.78. The first-order valence-electron chi connectivity index (χ1n) is 9.40. The Bertz CT molecular complexity index is 1310. The van der Waals surface area contributed by atoms with E-state index < -0.39 is 0 Å². The van der Waals surface area contributed by atoms with E-state index in [2.05, 4.69) is 11.9 Å². The third-order valence-corrected chi connectivity index (χ3v) is 5.10. The summed E-state index contributed by atoms with van der Waals surface area (Å²) in [5.41, 5.74) is 0.948. The summed E-state index contributed by atoms with van der Waals surface area (Å²) >= 11 is 0. The van der Waals surface area contributed by atoms with E-state index >= 15 is 0 Å². The fraction of sp³-hybridized carbons (Fsp3) is 0.350.